The van der Waals surface area contributed by atoms with E-state index >= 15 is 0 Å². The Morgan fingerprint density at radius 1 is 1.32 bits per heavy atom. The van der Waals surface area contributed by atoms with E-state index in [1.165, 1.54) is 0 Å². The molecule has 2 fully saturated rings. The lowest BCUT2D eigenvalue weighted by atomic mass is 9.93. The number of aromatic nitrogens is 2. The molecule has 28 heavy (non-hydrogen) atoms. The molecular weight excluding hydrogens is 396 g/mol. The fourth-order valence-electron chi connectivity index (χ4n) is 3.74. The number of piperidine rings is 1. The van der Waals surface area contributed by atoms with E-state index in [0.29, 0.717) is 25.0 Å². The Labute approximate surface area is 172 Å². The van der Waals surface area contributed by atoms with E-state index in [4.69, 9.17) is 0 Å². The molecule has 2 atom stereocenters. The maximum absolute atomic E-state index is 12.6. The number of aliphatic imine (C=N–C) groups is 1. The van der Waals surface area contributed by atoms with Gasteiger partial charge < -0.3 is 14.8 Å². The van der Waals surface area contributed by atoms with Crippen molar-refractivity contribution < 1.29 is 8.42 Å². The minimum atomic E-state index is -3.23. The first-order valence-electron chi connectivity index (χ1n) is 10.1. The van der Waals surface area contributed by atoms with Gasteiger partial charge >= 0.3 is 0 Å². The second-order valence-electron chi connectivity index (χ2n) is 7.35. The molecule has 0 aliphatic carbocycles. The van der Waals surface area contributed by atoms with Gasteiger partial charge in [-0.05, 0) is 19.3 Å². The van der Waals surface area contributed by atoms with Crippen molar-refractivity contribution in [1.29, 1.82) is 0 Å². The summed E-state index contributed by atoms with van der Waals surface area (Å²) >= 11 is 1.81. The number of sulfonamides is 1. The third kappa shape index (κ3) is 5.42. The first-order chi connectivity index (χ1) is 13.5. The molecule has 0 bridgehead atoms. The van der Waals surface area contributed by atoms with Crippen LogP contribution in [0.2, 0.25) is 0 Å². The van der Waals surface area contributed by atoms with Crippen LogP contribution in [0.1, 0.15) is 26.3 Å². The molecule has 3 heterocycles. The molecule has 1 N–H and O–H groups in total. The summed E-state index contributed by atoms with van der Waals surface area (Å²) in [7, 11) is -3.23. The van der Waals surface area contributed by atoms with Crippen LogP contribution in [0, 0.1) is 5.92 Å². The molecule has 3 rings (SSSR count). The maximum atomic E-state index is 12.6. The second-order valence-corrected chi connectivity index (χ2v) is 10.7. The number of imidazole rings is 1. The van der Waals surface area contributed by atoms with Gasteiger partial charge in [-0.15, -0.1) is 0 Å². The predicted octanol–water partition coefficient (Wildman–Crippen LogP) is 1.11. The molecule has 0 saturated carbocycles. The van der Waals surface area contributed by atoms with Crippen molar-refractivity contribution in [2.24, 2.45) is 10.9 Å². The number of hydrogen-bond donors (Lipinski definition) is 1. The average Bonchev–Trinajstić information content (AvgIpc) is 3.23. The normalized spacial score (nSPS) is 25.1. The minimum absolute atomic E-state index is 0.0712. The van der Waals surface area contributed by atoms with Crippen LogP contribution < -0.4 is 5.32 Å². The van der Waals surface area contributed by atoms with Gasteiger partial charge in [0.15, 0.2) is 5.96 Å². The van der Waals surface area contributed by atoms with Crippen molar-refractivity contribution in [2.75, 3.05) is 56.5 Å². The summed E-state index contributed by atoms with van der Waals surface area (Å²) in [6, 6.07) is 0.342. The van der Waals surface area contributed by atoms with E-state index in [1.807, 2.05) is 37.4 Å². The topological polar surface area (TPSA) is 82.8 Å². The van der Waals surface area contributed by atoms with Gasteiger partial charge in [0.25, 0.3) is 0 Å². The van der Waals surface area contributed by atoms with Crippen molar-refractivity contribution in [3.05, 3.63) is 18.7 Å². The van der Waals surface area contributed by atoms with Crippen LogP contribution in [0.3, 0.4) is 0 Å². The van der Waals surface area contributed by atoms with E-state index in [2.05, 4.69) is 31.7 Å². The standard InChI is InChI=1S/C18H32N6O2S2/c1-3-20-18(21-6-13-28(25,26)24-9-11-27-12-10-24)22-7-4-16(2)17(14-22)23-8-5-19-15-23/h5,8,15-17H,3-4,6-7,9-14H2,1-2H3,(H,20,21). The maximum Gasteiger partial charge on any atom is 0.215 e. The highest BCUT2D eigenvalue weighted by Crippen LogP contribution is 2.27. The van der Waals surface area contributed by atoms with Gasteiger partial charge in [-0.1, -0.05) is 6.92 Å². The second kappa shape index (κ2) is 9.98. The number of guanidine groups is 1. The molecule has 0 radical (unpaired) electrons. The molecular formula is C18H32N6O2S2. The third-order valence-electron chi connectivity index (χ3n) is 5.44. The number of nitrogens with zero attached hydrogens (tertiary/aromatic N) is 5. The quantitative estimate of drug-likeness (QED) is 0.540. The molecule has 0 aromatic carbocycles. The first-order valence-corrected chi connectivity index (χ1v) is 12.8. The Balaban J connectivity index is 1.63. The number of likely N-dealkylation sites (tertiary alicyclic amines) is 1. The number of rotatable bonds is 6. The SMILES string of the molecule is CCNC(=NCCS(=O)(=O)N1CCSCC1)N1CCC(C)C(n2ccnc2)C1. The van der Waals surface area contributed by atoms with Gasteiger partial charge in [-0.3, -0.25) is 4.99 Å². The molecule has 1 aromatic heterocycles. The fourth-order valence-corrected chi connectivity index (χ4v) is 6.19. The zero-order chi connectivity index (χ0) is 20.0. The molecule has 1 aromatic rings. The zero-order valence-electron chi connectivity index (χ0n) is 16.8. The third-order valence-corrected chi connectivity index (χ3v) is 8.23. The van der Waals surface area contributed by atoms with Gasteiger partial charge in [0.2, 0.25) is 10.0 Å². The highest BCUT2D eigenvalue weighted by molar-refractivity contribution is 7.99. The summed E-state index contributed by atoms with van der Waals surface area (Å²) < 4.78 is 28.9. The van der Waals surface area contributed by atoms with Crippen molar-refractivity contribution in [2.45, 2.75) is 26.3 Å². The summed E-state index contributed by atoms with van der Waals surface area (Å²) in [5.41, 5.74) is 0. The van der Waals surface area contributed by atoms with Gasteiger partial charge in [0, 0.05) is 56.6 Å². The van der Waals surface area contributed by atoms with Crippen molar-refractivity contribution >= 4 is 27.7 Å². The molecule has 2 aliphatic heterocycles. The highest BCUT2D eigenvalue weighted by atomic mass is 32.2. The van der Waals surface area contributed by atoms with E-state index < -0.39 is 10.0 Å². The summed E-state index contributed by atoms with van der Waals surface area (Å²) in [6.07, 6.45) is 6.77. The van der Waals surface area contributed by atoms with E-state index in [1.54, 1.807) is 4.31 Å². The Hall–Kier alpha value is -1.26. The van der Waals surface area contributed by atoms with Gasteiger partial charge in [0.05, 0.1) is 24.7 Å². The first kappa shape index (κ1) is 21.4. The monoisotopic (exact) mass is 428 g/mol. The van der Waals surface area contributed by atoms with Crippen LogP contribution in [0.4, 0.5) is 0 Å². The lowest BCUT2D eigenvalue weighted by molar-refractivity contribution is 0.189. The van der Waals surface area contributed by atoms with E-state index in [0.717, 1.165) is 43.5 Å². The number of nitrogens with one attached hydrogen (secondary N) is 1. The highest BCUT2D eigenvalue weighted by Gasteiger charge is 2.29. The number of hydrogen-bond acceptors (Lipinski definition) is 5. The molecule has 8 nitrogen and oxygen atoms in total. The number of thioether (sulfide) groups is 1. The Kier molecular flexibility index (Phi) is 7.64. The summed E-state index contributed by atoms with van der Waals surface area (Å²) in [6.45, 7) is 8.37. The summed E-state index contributed by atoms with van der Waals surface area (Å²) in [5, 5.41) is 3.34. The smallest absolute Gasteiger partial charge is 0.215 e. The van der Waals surface area contributed by atoms with Crippen LogP contribution in [0.25, 0.3) is 0 Å². The van der Waals surface area contributed by atoms with Gasteiger partial charge in [0.1, 0.15) is 0 Å². The van der Waals surface area contributed by atoms with Crippen molar-refractivity contribution in [1.82, 2.24) is 24.1 Å². The summed E-state index contributed by atoms with van der Waals surface area (Å²) in [5.74, 6) is 3.20. The molecule has 2 saturated heterocycles. The van der Waals surface area contributed by atoms with Crippen LogP contribution in [0.15, 0.2) is 23.7 Å². The van der Waals surface area contributed by atoms with Crippen LogP contribution in [0.5, 0.6) is 0 Å². The lowest BCUT2D eigenvalue weighted by Gasteiger charge is -2.39. The lowest BCUT2D eigenvalue weighted by Crippen LogP contribution is -2.49. The molecule has 0 amide bonds. The fraction of sp³-hybridized carbons (Fsp3) is 0.778. The van der Waals surface area contributed by atoms with Crippen LogP contribution in [-0.4, -0.2) is 89.7 Å². The molecule has 10 heteroatoms. The van der Waals surface area contributed by atoms with Crippen molar-refractivity contribution in [3.8, 4) is 0 Å². The molecule has 2 unspecified atom stereocenters. The van der Waals surface area contributed by atoms with Crippen molar-refractivity contribution in [3.63, 3.8) is 0 Å². The predicted molar refractivity (Wildman–Crippen MR) is 115 cm³/mol. The van der Waals surface area contributed by atoms with Gasteiger partial charge in [-0.2, -0.15) is 11.8 Å². The van der Waals surface area contributed by atoms with Crippen LogP contribution >= 0.6 is 11.8 Å². The van der Waals surface area contributed by atoms with Crippen LogP contribution in [-0.2, 0) is 10.0 Å². The molecule has 2 aliphatic rings. The average molecular weight is 429 g/mol. The largest absolute Gasteiger partial charge is 0.357 e. The van der Waals surface area contributed by atoms with Gasteiger partial charge in [-0.25, -0.2) is 17.7 Å². The van der Waals surface area contributed by atoms with E-state index in [9.17, 15) is 8.42 Å². The van der Waals surface area contributed by atoms with E-state index in [-0.39, 0.29) is 12.3 Å². The zero-order valence-corrected chi connectivity index (χ0v) is 18.5. The Morgan fingerprint density at radius 3 is 2.79 bits per heavy atom. The molecule has 158 valence electrons. The minimum Gasteiger partial charge on any atom is -0.357 e. The Bertz CT molecular complexity index is 731. The molecule has 0 spiro atoms. The Morgan fingerprint density at radius 2 is 2.11 bits per heavy atom. The summed E-state index contributed by atoms with van der Waals surface area (Å²) in [4.78, 5) is 11.1.